The molecule has 1 atom stereocenters. The Balaban J connectivity index is 1.75. The molecule has 0 spiro atoms. The topological polar surface area (TPSA) is 32.3 Å². The van der Waals surface area contributed by atoms with Crippen LogP contribution in [0.25, 0.3) is 0 Å². The van der Waals surface area contributed by atoms with Crippen molar-refractivity contribution in [1.29, 1.82) is 0 Å². The molecule has 2 aromatic rings. The summed E-state index contributed by atoms with van der Waals surface area (Å²) in [7, 11) is 0. The first-order valence-electron chi connectivity index (χ1n) is 7.15. The molecule has 0 bridgehead atoms. The van der Waals surface area contributed by atoms with Crippen LogP contribution in [-0.4, -0.2) is 23.2 Å². The van der Waals surface area contributed by atoms with Gasteiger partial charge in [-0.1, -0.05) is 35.9 Å². The fourth-order valence-electron chi connectivity index (χ4n) is 2.45. The van der Waals surface area contributed by atoms with E-state index in [9.17, 15) is 9.18 Å². The van der Waals surface area contributed by atoms with E-state index in [1.54, 1.807) is 28.8 Å². The van der Waals surface area contributed by atoms with Gasteiger partial charge in [-0.05, 0) is 30.7 Å². The van der Waals surface area contributed by atoms with E-state index in [1.165, 1.54) is 17.7 Å². The first-order chi connectivity index (χ1) is 10.6. The van der Waals surface area contributed by atoms with Gasteiger partial charge in [-0.15, -0.1) is 11.8 Å². The van der Waals surface area contributed by atoms with Gasteiger partial charge >= 0.3 is 6.03 Å². The Hall–Kier alpha value is -2.01. The number of amides is 2. The molecule has 1 heterocycles. The molecule has 114 valence electrons. The molecule has 2 aromatic carbocycles. The van der Waals surface area contributed by atoms with Crippen LogP contribution in [0.1, 0.15) is 16.5 Å². The fourth-order valence-corrected chi connectivity index (χ4v) is 3.70. The van der Waals surface area contributed by atoms with Crippen LogP contribution in [0.4, 0.5) is 14.9 Å². The van der Waals surface area contributed by atoms with Gasteiger partial charge in [0.2, 0.25) is 0 Å². The number of anilines is 1. The summed E-state index contributed by atoms with van der Waals surface area (Å²) in [4.78, 5) is 14.2. The highest BCUT2D eigenvalue weighted by Crippen LogP contribution is 2.38. The minimum Gasteiger partial charge on any atom is -0.308 e. The summed E-state index contributed by atoms with van der Waals surface area (Å²) in [6, 6.07) is 14.0. The normalized spacial score (nSPS) is 17.5. The molecule has 3 rings (SSSR count). The van der Waals surface area contributed by atoms with Crippen LogP contribution in [-0.2, 0) is 0 Å². The summed E-state index contributed by atoms with van der Waals surface area (Å²) < 4.78 is 13.2. The Labute approximate surface area is 133 Å². The van der Waals surface area contributed by atoms with Crippen LogP contribution < -0.4 is 5.32 Å². The number of halogens is 1. The van der Waals surface area contributed by atoms with Gasteiger partial charge in [-0.2, -0.15) is 0 Å². The van der Waals surface area contributed by atoms with Gasteiger partial charge < -0.3 is 10.2 Å². The maximum Gasteiger partial charge on any atom is 0.323 e. The van der Waals surface area contributed by atoms with Crippen molar-refractivity contribution in [3.05, 3.63) is 65.5 Å². The van der Waals surface area contributed by atoms with Gasteiger partial charge in [-0.3, -0.25) is 0 Å². The number of nitrogens with zero attached hydrogens (tertiary/aromatic N) is 1. The van der Waals surface area contributed by atoms with Crippen LogP contribution in [0.3, 0.4) is 0 Å². The molecule has 5 heteroatoms. The summed E-state index contributed by atoms with van der Waals surface area (Å²) >= 11 is 1.74. The van der Waals surface area contributed by atoms with Crippen molar-refractivity contribution in [2.75, 3.05) is 17.6 Å². The van der Waals surface area contributed by atoms with Crippen molar-refractivity contribution in [3.63, 3.8) is 0 Å². The number of aryl methyl sites for hydroxylation is 1. The molecule has 0 radical (unpaired) electrons. The number of hydrogen-bond donors (Lipinski definition) is 1. The minimum atomic E-state index is -0.358. The summed E-state index contributed by atoms with van der Waals surface area (Å²) in [5.41, 5.74) is 2.79. The predicted molar refractivity (Wildman–Crippen MR) is 88.5 cm³/mol. The maximum absolute atomic E-state index is 13.2. The van der Waals surface area contributed by atoms with E-state index in [1.807, 2.05) is 6.92 Å². The summed E-state index contributed by atoms with van der Waals surface area (Å²) in [5.74, 6) is 0.540. The van der Waals surface area contributed by atoms with Crippen molar-refractivity contribution >= 4 is 23.5 Å². The molecule has 1 saturated heterocycles. The molecule has 0 aliphatic carbocycles. The quantitative estimate of drug-likeness (QED) is 0.890. The molecule has 1 N–H and O–H groups in total. The molecule has 22 heavy (non-hydrogen) atoms. The minimum absolute atomic E-state index is 0.00848. The number of carbonyl (C=O) groups is 1. The number of rotatable bonds is 2. The number of thioether (sulfide) groups is 1. The van der Waals surface area contributed by atoms with Gasteiger partial charge in [0.05, 0.1) is 0 Å². The summed E-state index contributed by atoms with van der Waals surface area (Å²) in [6.45, 7) is 2.73. The lowest BCUT2D eigenvalue weighted by molar-refractivity contribution is 0.214. The van der Waals surface area contributed by atoms with E-state index in [4.69, 9.17) is 0 Å². The second-order valence-electron chi connectivity index (χ2n) is 5.27. The van der Waals surface area contributed by atoms with E-state index in [-0.39, 0.29) is 17.2 Å². The lowest BCUT2D eigenvalue weighted by Gasteiger charge is -2.24. The van der Waals surface area contributed by atoms with E-state index < -0.39 is 0 Å². The van der Waals surface area contributed by atoms with Gasteiger partial charge in [0, 0.05) is 18.0 Å². The standard InChI is InChI=1S/C17H17FN2OS/c1-12-5-7-13(8-6-12)16-20(9-10-22-16)17(21)19-15-4-2-3-14(18)11-15/h2-8,11,16H,9-10H2,1H3,(H,19,21). The van der Waals surface area contributed by atoms with E-state index in [0.717, 1.165) is 11.3 Å². The first kappa shape index (κ1) is 14.9. The highest BCUT2D eigenvalue weighted by Gasteiger charge is 2.30. The molecular formula is C17H17FN2OS. The van der Waals surface area contributed by atoms with E-state index in [0.29, 0.717) is 12.2 Å². The number of nitrogens with one attached hydrogen (secondary N) is 1. The van der Waals surface area contributed by atoms with Gasteiger partial charge in [0.1, 0.15) is 11.2 Å². The Morgan fingerprint density at radius 1 is 1.27 bits per heavy atom. The van der Waals surface area contributed by atoms with Crippen LogP contribution in [0.5, 0.6) is 0 Å². The van der Waals surface area contributed by atoms with Gasteiger partial charge in [-0.25, -0.2) is 9.18 Å². The predicted octanol–water partition coefficient (Wildman–Crippen LogP) is 4.41. The smallest absolute Gasteiger partial charge is 0.308 e. The molecule has 1 fully saturated rings. The Kier molecular flexibility index (Phi) is 4.34. The Morgan fingerprint density at radius 3 is 2.77 bits per heavy atom. The monoisotopic (exact) mass is 316 g/mol. The average molecular weight is 316 g/mol. The lowest BCUT2D eigenvalue weighted by Crippen LogP contribution is -2.34. The van der Waals surface area contributed by atoms with Crippen molar-refractivity contribution in [2.24, 2.45) is 0 Å². The number of carbonyl (C=O) groups excluding carboxylic acids is 1. The Bertz CT molecular complexity index is 675. The van der Waals surface area contributed by atoms with Crippen molar-refractivity contribution < 1.29 is 9.18 Å². The molecule has 1 aliphatic heterocycles. The SMILES string of the molecule is Cc1ccc(C2SCCN2C(=O)Nc2cccc(F)c2)cc1. The zero-order chi connectivity index (χ0) is 15.5. The number of urea groups is 1. The zero-order valence-electron chi connectivity index (χ0n) is 12.3. The molecule has 1 aliphatic rings. The van der Waals surface area contributed by atoms with Crippen molar-refractivity contribution in [3.8, 4) is 0 Å². The lowest BCUT2D eigenvalue weighted by atomic mass is 10.1. The van der Waals surface area contributed by atoms with Crippen LogP contribution in [0.15, 0.2) is 48.5 Å². The average Bonchev–Trinajstić information content (AvgIpc) is 2.97. The molecule has 0 aromatic heterocycles. The number of benzene rings is 2. The summed E-state index contributed by atoms with van der Waals surface area (Å²) in [5, 5.41) is 2.78. The third-order valence-electron chi connectivity index (χ3n) is 3.59. The second-order valence-corrected chi connectivity index (χ2v) is 6.46. The first-order valence-corrected chi connectivity index (χ1v) is 8.20. The van der Waals surface area contributed by atoms with Crippen molar-refractivity contribution in [1.82, 2.24) is 4.90 Å². The zero-order valence-corrected chi connectivity index (χ0v) is 13.1. The molecule has 3 nitrogen and oxygen atoms in total. The maximum atomic E-state index is 13.2. The van der Waals surface area contributed by atoms with Crippen LogP contribution in [0.2, 0.25) is 0 Å². The van der Waals surface area contributed by atoms with E-state index in [2.05, 4.69) is 29.6 Å². The van der Waals surface area contributed by atoms with E-state index >= 15 is 0 Å². The second kappa shape index (κ2) is 6.40. The molecule has 0 saturated carbocycles. The van der Waals surface area contributed by atoms with Gasteiger partial charge in [0.15, 0.2) is 0 Å². The van der Waals surface area contributed by atoms with Gasteiger partial charge in [0.25, 0.3) is 0 Å². The van der Waals surface area contributed by atoms with Crippen molar-refractivity contribution in [2.45, 2.75) is 12.3 Å². The highest BCUT2D eigenvalue weighted by molar-refractivity contribution is 7.99. The third-order valence-corrected chi connectivity index (χ3v) is 4.85. The molecule has 2 amide bonds. The molecular weight excluding hydrogens is 299 g/mol. The number of hydrogen-bond acceptors (Lipinski definition) is 2. The Morgan fingerprint density at radius 2 is 2.05 bits per heavy atom. The van der Waals surface area contributed by atoms with Crippen LogP contribution in [0, 0.1) is 12.7 Å². The highest BCUT2D eigenvalue weighted by atomic mass is 32.2. The molecule has 1 unspecified atom stereocenters. The largest absolute Gasteiger partial charge is 0.323 e. The fraction of sp³-hybridized carbons (Fsp3) is 0.235. The summed E-state index contributed by atoms with van der Waals surface area (Å²) in [6.07, 6.45) is 0. The third kappa shape index (κ3) is 3.25. The van der Waals surface area contributed by atoms with Crippen LogP contribution >= 0.6 is 11.8 Å².